The number of morpholine rings is 1. The van der Waals surface area contributed by atoms with Crippen molar-refractivity contribution in [3.63, 3.8) is 0 Å². The predicted octanol–water partition coefficient (Wildman–Crippen LogP) is 2.71. The summed E-state index contributed by atoms with van der Waals surface area (Å²) in [5, 5.41) is 6.00. The average Bonchev–Trinajstić information content (AvgIpc) is 2.57. The lowest BCUT2D eigenvalue weighted by Crippen LogP contribution is -2.48. The third-order valence-electron chi connectivity index (χ3n) is 3.59. The molecular formula is C18H20N2O3. The lowest BCUT2D eigenvalue weighted by atomic mass is 10.2. The van der Waals surface area contributed by atoms with Crippen LogP contribution in [0.3, 0.4) is 0 Å². The van der Waals surface area contributed by atoms with Crippen molar-refractivity contribution in [2.75, 3.05) is 25.1 Å². The zero-order chi connectivity index (χ0) is 16.1. The van der Waals surface area contributed by atoms with Crippen LogP contribution in [0.15, 0.2) is 48.5 Å². The maximum Gasteiger partial charge on any atom is 0.243 e. The van der Waals surface area contributed by atoms with E-state index in [1.54, 1.807) is 0 Å². The van der Waals surface area contributed by atoms with Crippen molar-refractivity contribution in [3.05, 3.63) is 54.1 Å². The molecule has 1 saturated heterocycles. The van der Waals surface area contributed by atoms with E-state index in [2.05, 4.69) is 10.6 Å². The van der Waals surface area contributed by atoms with E-state index >= 15 is 0 Å². The molecule has 2 N–H and O–H groups in total. The second-order valence-corrected chi connectivity index (χ2v) is 5.51. The Morgan fingerprint density at radius 3 is 2.74 bits per heavy atom. The van der Waals surface area contributed by atoms with Crippen LogP contribution in [0.5, 0.6) is 11.5 Å². The highest BCUT2D eigenvalue weighted by atomic mass is 16.5. The SMILES string of the molecule is Cc1cccc(Oc2ccc(NC(=O)C3COCCN3)cc2)c1. The van der Waals surface area contributed by atoms with Crippen molar-refractivity contribution in [3.8, 4) is 11.5 Å². The van der Waals surface area contributed by atoms with E-state index in [9.17, 15) is 4.79 Å². The summed E-state index contributed by atoms with van der Waals surface area (Å²) in [6, 6.07) is 14.9. The third-order valence-corrected chi connectivity index (χ3v) is 3.59. The van der Waals surface area contributed by atoms with Crippen LogP contribution in [0.1, 0.15) is 5.56 Å². The van der Waals surface area contributed by atoms with E-state index in [1.165, 1.54) is 0 Å². The minimum atomic E-state index is -0.299. The second kappa shape index (κ2) is 7.26. The van der Waals surface area contributed by atoms with Gasteiger partial charge in [-0.1, -0.05) is 12.1 Å². The molecule has 0 spiro atoms. The molecule has 3 rings (SSSR count). The Kier molecular flexibility index (Phi) is 4.90. The van der Waals surface area contributed by atoms with Crippen molar-refractivity contribution >= 4 is 11.6 Å². The van der Waals surface area contributed by atoms with Gasteiger partial charge in [0.05, 0.1) is 13.2 Å². The number of anilines is 1. The predicted molar refractivity (Wildman–Crippen MR) is 88.9 cm³/mol. The van der Waals surface area contributed by atoms with Crippen LogP contribution < -0.4 is 15.4 Å². The third kappa shape index (κ3) is 4.31. The molecule has 0 aromatic heterocycles. The van der Waals surface area contributed by atoms with E-state index in [0.717, 1.165) is 22.7 Å². The van der Waals surface area contributed by atoms with Gasteiger partial charge in [-0.05, 0) is 48.9 Å². The lowest BCUT2D eigenvalue weighted by molar-refractivity contribution is -0.120. The molecule has 1 fully saturated rings. The van der Waals surface area contributed by atoms with E-state index in [-0.39, 0.29) is 11.9 Å². The van der Waals surface area contributed by atoms with Crippen LogP contribution in [0.2, 0.25) is 0 Å². The number of benzene rings is 2. The standard InChI is InChI=1S/C18H20N2O3/c1-13-3-2-4-16(11-13)23-15-7-5-14(6-8-15)20-18(21)17-12-22-10-9-19-17/h2-8,11,17,19H,9-10,12H2,1H3,(H,20,21). The van der Waals surface area contributed by atoms with Crippen molar-refractivity contribution in [2.45, 2.75) is 13.0 Å². The fourth-order valence-corrected chi connectivity index (χ4v) is 2.38. The lowest BCUT2D eigenvalue weighted by Gasteiger charge is -2.22. The van der Waals surface area contributed by atoms with Gasteiger partial charge in [-0.2, -0.15) is 0 Å². The summed E-state index contributed by atoms with van der Waals surface area (Å²) in [4.78, 5) is 12.1. The van der Waals surface area contributed by atoms with Gasteiger partial charge < -0.3 is 20.1 Å². The van der Waals surface area contributed by atoms with Crippen LogP contribution in [0.4, 0.5) is 5.69 Å². The first-order valence-corrected chi connectivity index (χ1v) is 7.67. The highest BCUT2D eigenvalue weighted by molar-refractivity contribution is 5.95. The number of hydrogen-bond donors (Lipinski definition) is 2. The van der Waals surface area contributed by atoms with Gasteiger partial charge in [0.2, 0.25) is 5.91 Å². The molecule has 0 saturated carbocycles. The maximum absolute atomic E-state index is 12.1. The van der Waals surface area contributed by atoms with Crippen LogP contribution in [-0.2, 0) is 9.53 Å². The molecule has 1 amide bonds. The fraction of sp³-hybridized carbons (Fsp3) is 0.278. The largest absolute Gasteiger partial charge is 0.457 e. The molecule has 5 heteroatoms. The first-order valence-electron chi connectivity index (χ1n) is 7.67. The van der Waals surface area contributed by atoms with Crippen molar-refractivity contribution in [1.82, 2.24) is 5.32 Å². The Morgan fingerprint density at radius 1 is 1.22 bits per heavy atom. The zero-order valence-electron chi connectivity index (χ0n) is 13.0. The van der Waals surface area contributed by atoms with E-state index < -0.39 is 0 Å². The van der Waals surface area contributed by atoms with Gasteiger partial charge in [-0.15, -0.1) is 0 Å². The van der Waals surface area contributed by atoms with Gasteiger partial charge in [-0.25, -0.2) is 0 Å². The Balaban J connectivity index is 1.59. The summed E-state index contributed by atoms with van der Waals surface area (Å²) in [6.07, 6.45) is 0. The molecule has 0 bridgehead atoms. The molecule has 120 valence electrons. The van der Waals surface area contributed by atoms with Crippen molar-refractivity contribution in [1.29, 1.82) is 0 Å². The number of aryl methyl sites for hydroxylation is 1. The summed E-state index contributed by atoms with van der Waals surface area (Å²) in [5.74, 6) is 1.44. The highest BCUT2D eigenvalue weighted by Gasteiger charge is 2.20. The van der Waals surface area contributed by atoms with E-state index in [4.69, 9.17) is 9.47 Å². The van der Waals surface area contributed by atoms with Crippen LogP contribution >= 0.6 is 0 Å². The summed E-state index contributed by atoms with van der Waals surface area (Å²) >= 11 is 0. The first kappa shape index (κ1) is 15.5. The molecule has 1 unspecified atom stereocenters. The number of hydrogen-bond acceptors (Lipinski definition) is 4. The molecule has 1 aliphatic heterocycles. The Hall–Kier alpha value is -2.37. The highest BCUT2D eigenvalue weighted by Crippen LogP contribution is 2.23. The summed E-state index contributed by atoms with van der Waals surface area (Å²) < 4.78 is 11.1. The zero-order valence-corrected chi connectivity index (χ0v) is 13.0. The van der Waals surface area contributed by atoms with Crippen LogP contribution in [-0.4, -0.2) is 31.7 Å². The molecule has 2 aromatic rings. The van der Waals surface area contributed by atoms with Crippen molar-refractivity contribution < 1.29 is 14.3 Å². The number of nitrogens with one attached hydrogen (secondary N) is 2. The number of rotatable bonds is 4. The minimum absolute atomic E-state index is 0.0861. The monoisotopic (exact) mass is 312 g/mol. The topological polar surface area (TPSA) is 59.6 Å². The van der Waals surface area contributed by atoms with Crippen LogP contribution in [0.25, 0.3) is 0 Å². The normalized spacial score (nSPS) is 17.5. The summed E-state index contributed by atoms with van der Waals surface area (Å²) in [7, 11) is 0. The molecule has 23 heavy (non-hydrogen) atoms. The molecule has 0 radical (unpaired) electrons. The van der Waals surface area contributed by atoms with Gasteiger partial charge >= 0.3 is 0 Å². The number of carbonyl (C=O) groups excluding carboxylic acids is 1. The summed E-state index contributed by atoms with van der Waals surface area (Å²) in [6.45, 7) is 3.77. The summed E-state index contributed by atoms with van der Waals surface area (Å²) in [5.41, 5.74) is 1.88. The quantitative estimate of drug-likeness (QED) is 0.911. The number of amides is 1. The van der Waals surface area contributed by atoms with Crippen molar-refractivity contribution in [2.24, 2.45) is 0 Å². The molecule has 1 atom stereocenters. The van der Waals surface area contributed by atoms with Gasteiger partial charge in [0, 0.05) is 12.2 Å². The van der Waals surface area contributed by atoms with Gasteiger partial charge in [0.1, 0.15) is 17.5 Å². The Morgan fingerprint density at radius 2 is 2.04 bits per heavy atom. The minimum Gasteiger partial charge on any atom is -0.457 e. The molecular weight excluding hydrogens is 292 g/mol. The van der Waals surface area contributed by atoms with E-state index in [1.807, 2.05) is 55.5 Å². The van der Waals surface area contributed by atoms with E-state index in [0.29, 0.717) is 19.8 Å². The van der Waals surface area contributed by atoms with Gasteiger partial charge in [0.15, 0.2) is 0 Å². The Labute approximate surface area is 135 Å². The fourth-order valence-electron chi connectivity index (χ4n) is 2.38. The van der Waals surface area contributed by atoms with Gasteiger partial charge in [-0.3, -0.25) is 4.79 Å². The number of carbonyl (C=O) groups is 1. The van der Waals surface area contributed by atoms with Gasteiger partial charge in [0.25, 0.3) is 0 Å². The first-order chi connectivity index (χ1) is 11.2. The molecule has 1 heterocycles. The Bertz CT molecular complexity index is 664. The smallest absolute Gasteiger partial charge is 0.243 e. The molecule has 1 aliphatic rings. The second-order valence-electron chi connectivity index (χ2n) is 5.51. The average molecular weight is 312 g/mol. The molecule has 2 aromatic carbocycles. The number of ether oxygens (including phenoxy) is 2. The molecule has 5 nitrogen and oxygen atoms in total. The maximum atomic E-state index is 12.1. The molecule has 0 aliphatic carbocycles. The van der Waals surface area contributed by atoms with Crippen LogP contribution in [0, 0.1) is 6.92 Å².